The number of rotatable bonds is 1. The van der Waals surface area contributed by atoms with E-state index in [1.165, 1.54) is 0 Å². The summed E-state index contributed by atoms with van der Waals surface area (Å²) in [6, 6.07) is -0.175. The molecular formula is C12H24N4O2. The van der Waals surface area contributed by atoms with E-state index in [-0.39, 0.29) is 17.1 Å². The number of likely N-dealkylation sites (tertiary alicyclic amines) is 1. The largest absolute Gasteiger partial charge is 0.361 e. The van der Waals surface area contributed by atoms with Gasteiger partial charge in [0.05, 0.1) is 6.04 Å². The number of carbonyl (C=O) groups excluding carboxylic acids is 2. The molecular weight excluding hydrogens is 232 g/mol. The van der Waals surface area contributed by atoms with Gasteiger partial charge in [0.25, 0.3) is 0 Å². The first kappa shape index (κ1) is 14.9. The molecule has 1 aliphatic heterocycles. The van der Waals surface area contributed by atoms with Crippen molar-refractivity contribution < 1.29 is 9.59 Å². The van der Waals surface area contributed by atoms with Crippen molar-refractivity contribution in [3.05, 3.63) is 0 Å². The number of hydrogen-bond acceptors (Lipinski definition) is 4. The van der Waals surface area contributed by atoms with Crippen LogP contribution < -0.4 is 11.6 Å². The fourth-order valence-electron chi connectivity index (χ4n) is 2.81. The number of piperidine rings is 1. The van der Waals surface area contributed by atoms with Crippen LogP contribution in [0.3, 0.4) is 0 Å². The van der Waals surface area contributed by atoms with Crippen molar-refractivity contribution in [1.29, 1.82) is 0 Å². The van der Waals surface area contributed by atoms with Gasteiger partial charge in [-0.25, -0.2) is 5.84 Å². The Labute approximate surface area is 108 Å². The zero-order chi connectivity index (χ0) is 14.3. The molecule has 104 valence electrons. The Morgan fingerprint density at radius 3 is 1.89 bits per heavy atom. The second-order valence-corrected chi connectivity index (χ2v) is 6.32. The second kappa shape index (κ2) is 4.51. The average Bonchev–Trinajstić information content (AvgIpc) is 2.22. The smallest absolute Gasteiger partial charge is 0.325 e. The van der Waals surface area contributed by atoms with Gasteiger partial charge in [-0.2, -0.15) is 0 Å². The molecule has 1 heterocycles. The Hall–Kier alpha value is -1.14. The Balaban J connectivity index is 2.93. The topological polar surface area (TPSA) is 92.7 Å². The van der Waals surface area contributed by atoms with Gasteiger partial charge >= 0.3 is 11.8 Å². The highest BCUT2D eigenvalue weighted by Gasteiger charge is 2.45. The second-order valence-electron chi connectivity index (χ2n) is 6.32. The van der Waals surface area contributed by atoms with Crippen LogP contribution in [0, 0.1) is 0 Å². The molecule has 1 fully saturated rings. The normalized spacial score (nSPS) is 23.7. The molecule has 0 aromatic rings. The molecule has 1 rings (SSSR count). The molecule has 1 aliphatic rings. The van der Waals surface area contributed by atoms with Crippen LogP contribution in [0.1, 0.15) is 40.5 Å². The third kappa shape index (κ3) is 2.64. The van der Waals surface area contributed by atoms with Crippen LogP contribution in [-0.2, 0) is 9.59 Å². The maximum Gasteiger partial charge on any atom is 0.325 e. The summed E-state index contributed by atoms with van der Waals surface area (Å²) >= 11 is 0. The summed E-state index contributed by atoms with van der Waals surface area (Å²) in [5, 5.41) is 0.999. The zero-order valence-electron chi connectivity index (χ0n) is 11.9. The lowest BCUT2D eigenvalue weighted by atomic mass is 9.77. The highest BCUT2D eigenvalue weighted by molar-refractivity contribution is 6.34. The number of hydrazine groups is 1. The van der Waals surface area contributed by atoms with Gasteiger partial charge in [0.1, 0.15) is 0 Å². The van der Waals surface area contributed by atoms with Crippen LogP contribution in [0.15, 0.2) is 0 Å². The SMILES string of the molecule is CN1C(C)(C)CC(N(N)C(=O)C(N)=O)CC1(C)C. The Kier molecular flexibility index (Phi) is 3.74. The van der Waals surface area contributed by atoms with E-state index < -0.39 is 11.8 Å². The molecule has 1 saturated heterocycles. The molecule has 0 atom stereocenters. The first-order valence-electron chi connectivity index (χ1n) is 6.10. The molecule has 0 aliphatic carbocycles. The first-order valence-corrected chi connectivity index (χ1v) is 6.10. The van der Waals surface area contributed by atoms with Crippen LogP contribution in [0.4, 0.5) is 0 Å². The minimum absolute atomic E-state index is 0.0953. The summed E-state index contributed by atoms with van der Waals surface area (Å²) < 4.78 is 0. The van der Waals surface area contributed by atoms with Crippen LogP contribution >= 0.6 is 0 Å². The molecule has 0 aromatic carbocycles. The number of nitrogens with two attached hydrogens (primary N) is 2. The summed E-state index contributed by atoms with van der Waals surface area (Å²) in [7, 11) is 2.06. The van der Waals surface area contributed by atoms with E-state index in [9.17, 15) is 9.59 Å². The Morgan fingerprint density at radius 1 is 1.17 bits per heavy atom. The summed E-state index contributed by atoms with van der Waals surface area (Å²) in [6.07, 6.45) is 1.42. The monoisotopic (exact) mass is 256 g/mol. The van der Waals surface area contributed by atoms with Gasteiger partial charge in [0.15, 0.2) is 0 Å². The number of primary amides is 1. The highest BCUT2D eigenvalue weighted by atomic mass is 16.2. The average molecular weight is 256 g/mol. The quantitative estimate of drug-likeness (QED) is 0.295. The van der Waals surface area contributed by atoms with Crippen LogP contribution in [0.25, 0.3) is 0 Å². The molecule has 0 unspecified atom stereocenters. The molecule has 0 spiro atoms. The highest BCUT2D eigenvalue weighted by Crippen LogP contribution is 2.38. The lowest BCUT2D eigenvalue weighted by Gasteiger charge is -2.54. The van der Waals surface area contributed by atoms with Gasteiger partial charge in [-0.15, -0.1) is 0 Å². The fourth-order valence-corrected chi connectivity index (χ4v) is 2.81. The molecule has 6 heteroatoms. The Bertz CT molecular complexity index is 347. The standard InChI is InChI=1S/C12H24N4O2/c1-11(2)6-8(7-12(3,4)15(11)5)16(14)10(18)9(13)17/h8H,6-7,14H2,1-5H3,(H2,13,17). The van der Waals surface area contributed by atoms with E-state index in [0.29, 0.717) is 12.8 Å². The van der Waals surface area contributed by atoms with Crippen molar-refractivity contribution >= 4 is 11.8 Å². The van der Waals surface area contributed by atoms with Crippen molar-refractivity contribution in [3.63, 3.8) is 0 Å². The van der Waals surface area contributed by atoms with E-state index in [1.54, 1.807) is 0 Å². The van der Waals surface area contributed by atoms with Gasteiger partial charge in [-0.05, 0) is 47.6 Å². The molecule has 18 heavy (non-hydrogen) atoms. The third-order valence-corrected chi connectivity index (χ3v) is 4.12. The van der Waals surface area contributed by atoms with Gasteiger partial charge < -0.3 is 5.73 Å². The number of amides is 2. The third-order valence-electron chi connectivity index (χ3n) is 4.12. The molecule has 0 bridgehead atoms. The van der Waals surface area contributed by atoms with E-state index >= 15 is 0 Å². The number of hydrogen-bond donors (Lipinski definition) is 2. The van der Waals surface area contributed by atoms with E-state index in [4.69, 9.17) is 11.6 Å². The molecule has 0 radical (unpaired) electrons. The maximum atomic E-state index is 11.6. The molecule has 2 amide bonds. The van der Waals surface area contributed by atoms with Crippen LogP contribution in [0.2, 0.25) is 0 Å². The van der Waals surface area contributed by atoms with Gasteiger partial charge in [-0.3, -0.25) is 19.5 Å². The van der Waals surface area contributed by atoms with Gasteiger partial charge in [0.2, 0.25) is 0 Å². The van der Waals surface area contributed by atoms with Crippen molar-refractivity contribution in [2.24, 2.45) is 11.6 Å². The van der Waals surface area contributed by atoms with Crippen molar-refractivity contribution in [3.8, 4) is 0 Å². The zero-order valence-corrected chi connectivity index (χ0v) is 11.9. The Morgan fingerprint density at radius 2 is 1.56 bits per heavy atom. The first-order chi connectivity index (χ1) is 7.99. The summed E-state index contributed by atoms with van der Waals surface area (Å²) in [5.74, 6) is 3.91. The lowest BCUT2D eigenvalue weighted by Crippen LogP contribution is -2.65. The molecule has 0 saturated carbocycles. The van der Waals surface area contributed by atoms with Crippen molar-refractivity contribution in [1.82, 2.24) is 9.91 Å². The van der Waals surface area contributed by atoms with E-state index in [1.807, 2.05) is 0 Å². The van der Waals surface area contributed by atoms with E-state index in [2.05, 4.69) is 39.6 Å². The summed E-state index contributed by atoms with van der Waals surface area (Å²) in [5.41, 5.74) is 4.79. The van der Waals surface area contributed by atoms with Crippen molar-refractivity contribution in [2.75, 3.05) is 7.05 Å². The lowest BCUT2D eigenvalue weighted by molar-refractivity contribution is -0.149. The predicted molar refractivity (Wildman–Crippen MR) is 69.2 cm³/mol. The van der Waals surface area contributed by atoms with Crippen LogP contribution in [-0.4, -0.2) is 45.9 Å². The molecule has 4 N–H and O–H groups in total. The fraction of sp³-hybridized carbons (Fsp3) is 0.833. The minimum Gasteiger partial charge on any atom is -0.361 e. The molecule has 0 aromatic heterocycles. The van der Waals surface area contributed by atoms with E-state index in [0.717, 1.165) is 5.01 Å². The van der Waals surface area contributed by atoms with Crippen molar-refractivity contribution in [2.45, 2.75) is 57.7 Å². The summed E-state index contributed by atoms with van der Waals surface area (Å²) in [4.78, 5) is 24.7. The summed E-state index contributed by atoms with van der Waals surface area (Å²) in [6.45, 7) is 8.40. The number of carbonyl (C=O) groups is 2. The van der Waals surface area contributed by atoms with Gasteiger partial charge in [-0.1, -0.05) is 0 Å². The predicted octanol–water partition coefficient (Wildman–Crippen LogP) is -0.175. The number of nitrogens with zero attached hydrogens (tertiary/aromatic N) is 2. The van der Waals surface area contributed by atoms with Gasteiger partial charge in [0, 0.05) is 11.1 Å². The van der Waals surface area contributed by atoms with Crippen LogP contribution in [0.5, 0.6) is 0 Å². The molecule has 6 nitrogen and oxygen atoms in total. The minimum atomic E-state index is -1.01. The maximum absolute atomic E-state index is 11.6.